The monoisotopic (exact) mass is 314 g/mol. The first kappa shape index (κ1) is 15.0. The van der Waals surface area contributed by atoms with Crippen molar-refractivity contribution in [2.45, 2.75) is 43.6 Å². The number of aryl methyl sites for hydroxylation is 1. The molecule has 4 nitrogen and oxygen atoms in total. The Morgan fingerprint density at radius 1 is 1.43 bits per heavy atom. The minimum absolute atomic E-state index is 0.0360. The second-order valence-corrected chi connectivity index (χ2v) is 7.42. The van der Waals surface area contributed by atoms with Crippen LogP contribution < -0.4 is 5.32 Å². The summed E-state index contributed by atoms with van der Waals surface area (Å²) in [6.07, 6.45) is 6.07. The molecule has 124 valence electrons. The number of urea groups is 1. The second-order valence-electron chi connectivity index (χ2n) is 7.42. The van der Waals surface area contributed by atoms with Crippen molar-refractivity contribution in [3.05, 3.63) is 35.4 Å². The first-order valence-electron chi connectivity index (χ1n) is 8.88. The fourth-order valence-corrected chi connectivity index (χ4v) is 4.52. The smallest absolute Gasteiger partial charge is 0.317 e. The largest absolute Gasteiger partial charge is 0.376 e. The van der Waals surface area contributed by atoms with E-state index in [1.807, 2.05) is 7.05 Å². The summed E-state index contributed by atoms with van der Waals surface area (Å²) in [5.41, 5.74) is 3.40. The zero-order valence-corrected chi connectivity index (χ0v) is 13.9. The highest BCUT2D eigenvalue weighted by molar-refractivity contribution is 5.74. The van der Waals surface area contributed by atoms with Gasteiger partial charge in [-0.05, 0) is 49.1 Å². The molecule has 1 saturated carbocycles. The summed E-state index contributed by atoms with van der Waals surface area (Å²) in [6.45, 7) is 2.33. The molecule has 0 radical (unpaired) electrons. The minimum atomic E-state index is 0.0360. The molecule has 4 heteroatoms. The summed E-state index contributed by atoms with van der Waals surface area (Å²) in [7, 11) is 1.87. The van der Waals surface area contributed by atoms with Gasteiger partial charge in [-0.15, -0.1) is 0 Å². The lowest BCUT2D eigenvalue weighted by Gasteiger charge is -2.21. The van der Waals surface area contributed by atoms with Crippen LogP contribution in [0.4, 0.5) is 4.79 Å². The first-order valence-corrected chi connectivity index (χ1v) is 8.88. The molecule has 3 atom stereocenters. The lowest BCUT2D eigenvalue weighted by molar-refractivity contribution is 0.0874. The van der Waals surface area contributed by atoms with E-state index in [0.717, 1.165) is 26.0 Å². The topological polar surface area (TPSA) is 41.6 Å². The molecule has 1 aromatic rings. The maximum Gasteiger partial charge on any atom is 0.317 e. The number of nitrogens with zero attached hydrogens (tertiary/aromatic N) is 1. The summed E-state index contributed by atoms with van der Waals surface area (Å²) in [6, 6.07) is 8.86. The molecule has 2 fully saturated rings. The molecule has 23 heavy (non-hydrogen) atoms. The van der Waals surface area contributed by atoms with Crippen LogP contribution in [0, 0.1) is 5.92 Å². The molecule has 1 N–H and O–H groups in total. The number of hydrogen-bond donors (Lipinski definition) is 1. The maximum atomic E-state index is 12.3. The van der Waals surface area contributed by atoms with Crippen molar-refractivity contribution < 1.29 is 9.53 Å². The third-order valence-electron chi connectivity index (χ3n) is 5.97. The van der Waals surface area contributed by atoms with E-state index in [2.05, 4.69) is 29.6 Å². The van der Waals surface area contributed by atoms with Crippen LogP contribution in [0.1, 0.15) is 36.8 Å². The Kier molecular flexibility index (Phi) is 3.80. The van der Waals surface area contributed by atoms with Crippen molar-refractivity contribution in [3.8, 4) is 0 Å². The van der Waals surface area contributed by atoms with Gasteiger partial charge in [-0.1, -0.05) is 24.3 Å². The van der Waals surface area contributed by atoms with Crippen molar-refractivity contribution >= 4 is 6.03 Å². The van der Waals surface area contributed by atoms with Crippen LogP contribution >= 0.6 is 0 Å². The summed E-state index contributed by atoms with van der Waals surface area (Å²) >= 11 is 0. The van der Waals surface area contributed by atoms with Gasteiger partial charge >= 0.3 is 6.03 Å². The van der Waals surface area contributed by atoms with E-state index in [1.54, 1.807) is 4.90 Å². The first-order chi connectivity index (χ1) is 11.2. The highest BCUT2D eigenvalue weighted by Crippen LogP contribution is 2.61. The predicted molar refractivity (Wildman–Crippen MR) is 89.6 cm³/mol. The molecule has 1 heterocycles. The molecule has 0 unspecified atom stereocenters. The highest BCUT2D eigenvalue weighted by atomic mass is 16.5. The van der Waals surface area contributed by atoms with Crippen LogP contribution in [-0.2, 0) is 16.6 Å². The van der Waals surface area contributed by atoms with E-state index >= 15 is 0 Å². The van der Waals surface area contributed by atoms with Gasteiger partial charge in [-0.3, -0.25) is 0 Å². The molecule has 4 rings (SSSR count). The number of likely N-dealkylation sites (N-methyl/N-ethyl adjacent to an activating group) is 1. The molecule has 2 amide bonds. The summed E-state index contributed by atoms with van der Waals surface area (Å²) in [5.74, 6) is 0.603. The van der Waals surface area contributed by atoms with Crippen molar-refractivity contribution in [2.24, 2.45) is 5.92 Å². The number of rotatable bonds is 4. The van der Waals surface area contributed by atoms with Crippen molar-refractivity contribution in [1.82, 2.24) is 10.2 Å². The van der Waals surface area contributed by atoms with Crippen LogP contribution in [0.2, 0.25) is 0 Å². The van der Waals surface area contributed by atoms with E-state index in [4.69, 9.17) is 4.74 Å². The number of nitrogens with one attached hydrogen (secondary N) is 1. The predicted octanol–water partition coefficient (Wildman–Crippen LogP) is 2.71. The molecule has 0 aromatic heterocycles. The fraction of sp³-hybridized carbons (Fsp3) is 0.632. The fourth-order valence-electron chi connectivity index (χ4n) is 4.52. The van der Waals surface area contributed by atoms with Gasteiger partial charge in [0.15, 0.2) is 0 Å². The number of benzene rings is 1. The van der Waals surface area contributed by atoms with Gasteiger partial charge < -0.3 is 15.0 Å². The molecular formula is C19H26N2O2. The molecular weight excluding hydrogens is 288 g/mol. The van der Waals surface area contributed by atoms with Crippen molar-refractivity contribution in [1.29, 1.82) is 0 Å². The second kappa shape index (κ2) is 5.82. The molecule has 2 aliphatic carbocycles. The van der Waals surface area contributed by atoms with Gasteiger partial charge in [0.05, 0.1) is 6.10 Å². The average Bonchev–Trinajstić information content (AvgIpc) is 2.87. The Hall–Kier alpha value is -1.55. The third kappa shape index (κ3) is 2.74. The Morgan fingerprint density at radius 2 is 2.30 bits per heavy atom. The summed E-state index contributed by atoms with van der Waals surface area (Å²) < 4.78 is 5.61. The Morgan fingerprint density at radius 3 is 3.13 bits per heavy atom. The minimum Gasteiger partial charge on any atom is -0.376 e. The number of carbonyl (C=O) groups excluding carboxylic acids is 1. The number of amides is 2. The van der Waals surface area contributed by atoms with Crippen LogP contribution in [-0.4, -0.2) is 43.8 Å². The van der Waals surface area contributed by atoms with Crippen LogP contribution in [0.5, 0.6) is 0 Å². The van der Waals surface area contributed by atoms with Crippen molar-refractivity contribution in [3.63, 3.8) is 0 Å². The van der Waals surface area contributed by atoms with Gasteiger partial charge in [-0.25, -0.2) is 4.79 Å². The molecule has 1 saturated heterocycles. The molecule has 1 spiro atoms. The molecule has 0 bridgehead atoms. The number of carbonyl (C=O) groups is 1. The van der Waals surface area contributed by atoms with E-state index in [-0.39, 0.29) is 12.1 Å². The zero-order chi connectivity index (χ0) is 15.9. The highest BCUT2D eigenvalue weighted by Gasteiger charge is 2.57. The number of ether oxygens (including phenoxy) is 1. The molecule has 3 aliphatic rings. The standard InChI is InChI=1S/C19H26N2O2/c1-21(13-16-6-4-10-23-16)18(22)20-12-15-11-19(15)9-8-14-5-2-3-7-17(14)19/h2-3,5,7,15-16H,4,6,8-13H2,1H3,(H,20,22)/t15-,16-,19-/m0/s1. The maximum absolute atomic E-state index is 12.3. The quantitative estimate of drug-likeness (QED) is 0.928. The Labute approximate surface area is 138 Å². The van der Waals surface area contributed by atoms with Crippen LogP contribution in [0.15, 0.2) is 24.3 Å². The summed E-state index contributed by atoms with van der Waals surface area (Å²) in [4.78, 5) is 14.0. The summed E-state index contributed by atoms with van der Waals surface area (Å²) in [5, 5.41) is 3.13. The van der Waals surface area contributed by atoms with Gasteiger partial charge in [-0.2, -0.15) is 0 Å². The lowest BCUT2D eigenvalue weighted by atomic mass is 9.95. The van der Waals surface area contributed by atoms with Crippen molar-refractivity contribution in [2.75, 3.05) is 26.7 Å². The van der Waals surface area contributed by atoms with E-state index < -0.39 is 0 Å². The number of hydrogen-bond acceptors (Lipinski definition) is 2. The Bertz CT molecular complexity index is 597. The lowest BCUT2D eigenvalue weighted by Crippen LogP contribution is -2.42. The van der Waals surface area contributed by atoms with Crippen LogP contribution in [0.3, 0.4) is 0 Å². The SMILES string of the molecule is CN(C[C@@H]1CCCO1)C(=O)NC[C@@H]1C[C@@]12CCc1ccccc12. The van der Waals surface area contributed by atoms with E-state index in [0.29, 0.717) is 17.9 Å². The Balaban J connectivity index is 1.29. The van der Waals surface area contributed by atoms with E-state index in [9.17, 15) is 4.79 Å². The van der Waals surface area contributed by atoms with Gasteiger partial charge in [0.25, 0.3) is 0 Å². The van der Waals surface area contributed by atoms with Crippen LogP contribution in [0.25, 0.3) is 0 Å². The van der Waals surface area contributed by atoms with Gasteiger partial charge in [0.2, 0.25) is 0 Å². The zero-order valence-electron chi connectivity index (χ0n) is 13.9. The normalized spacial score (nSPS) is 31.2. The third-order valence-corrected chi connectivity index (χ3v) is 5.97. The molecule has 1 aromatic carbocycles. The molecule has 1 aliphatic heterocycles. The number of fused-ring (bicyclic) bond motifs is 2. The van der Waals surface area contributed by atoms with Gasteiger partial charge in [0, 0.05) is 32.2 Å². The average molecular weight is 314 g/mol. The van der Waals surface area contributed by atoms with Gasteiger partial charge in [0.1, 0.15) is 0 Å². The van der Waals surface area contributed by atoms with E-state index in [1.165, 1.54) is 30.4 Å².